The molecule has 5 rings (SSSR count). The number of nitrogens with two attached hydrogens (primary N) is 1. The summed E-state index contributed by atoms with van der Waals surface area (Å²) >= 11 is 9.80. The molecule has 1 fully saturated rings. The Labute approximate surface area is 177 Å². The summed E-state index contributed by atoms with van der Waals surface area (Å²) < 4.78 is 13.5. The average molecular weight is 463 g/mol. The fourth-order valence-electron chi connectivity index (χ4n) is 4.70. The first-order valence-corrected chi connectivity index (χ1v) is 10.8. The molecule has 5 nitrogen and oxygen atoms in total. The number of hydrogen-bond donors (Lipinski definition) is 1. The minimum atomic E-state index is -0.783. The highest BCUT2D eigenvalue weighted by atomic mass is 79.9. The van der Waals surface area contributed by atoms with E-state index in [-0.39, 0.29) is 6.10 Å². The molecule has 0 amide bonds. The van der Waals surface area contributed by atoms with Crippen LogP contribution in [0.5, 0.6) is 11.5 Å². The molecular weight excluding hydrogens is 442 g/mol. The van der Waals surface area contributed by atoms with Crippen molar-refractivity contribution in [2.45, 2.75) is 43.7 Å². The normalized spacial score (nSPS) is 26.9. The van der Waals surface area contributed by atoms with E-state index < -0.39 is 5.54 Å². The van der Waals surface area contributed by atoms with Crippen LogP contribution >= 0.6 is 27.5 Å². The van der Waals surface area contributed by atoms with Crippen molar-refractivity contribution >= 4 is 33.4 Å². The lowest BCUT2D eigenvalue weighted by molar-refractivity contribution is 0.00778. The van der Waals surface area contributed by atoms with Gasteiger partial charge in [-0.15, -0.1) is 0 Å². The molecule has 3 aliphatic rings. The van der Waals surface area contributed by atoms with Crippen LogP contribution in [0.3, 0.4) is 0 Å². The molecule has 2 aliphatic heterocycles. The van der Waals surface area contributed by atoms with Crippen molar-refractivity contribution < 1.29 is 9.47 Å². The molecule has 1 aromatic carbocycles. The highest BCUT2D eigenvalue weighted by molar-refractivity contribution is 9.10. The van der Waals surface area contributed by atoms with Gasteiger partial charge in [-0.2, -0.15) is 0 Å². The number of aromatic nitrogens is 1. The van der Waals surface area contributed by atoms with Gasteiger partial charge in [0.2, 0.25) is 0 Å². The van der Waals surface area contributed by atoms with Crippen LogP contribution in [0.4, 0.5) is 0 Å². The molecule has 28 heavy (non-hydrogen) atoms. The molecule has 2 aromatic rings. The lowest BCUT2D eigenvalue weighted by Crippen LogP contribution is -2.49. The highest BCUT2D eigenvalue weighted by Crippen LogP contribution is 2.51. The molecule has 1 aromatic heterocycles. The van der Waals surface area contributed by atoms with E-state index in [2.05, 4.69) is 20.9 Å². The van der Waals surface area contributed by atoms with Crippen molar-refractivity contribution in [2.24, 2.45) is 16.6 Å². The van der Waals surface area contributed by atoms with Crippen LogP contribution in [0, 0.1) is 5.92 Å². The Morgan fingerprint density at radius 2 is 1.89 bits per heavy atom. The Morgan fingerprint density at radius 3 is 2.68 bits per heavy atom. The summed E-state index contributed by atoms with van der Waals surface area (Å²) in [6.45, 7) is 0.398. The first kappa shape index (κ1) is 18.4. The SMILES string of the molecule is NC1=NC2(COC1C1CCCCC1)c1cc(Br)ccc1Oc1cnc(Cl)cc12. The molecular formula is C21H21BrClN3O2. The van der Waals surface area contributed by atoms with E-state index in [0.29, 0.717) is 29.3 Å². The van der Waals surface area contributed by atoms with Crippen molar-refractivity contribution in [3.63, 3.8) is 0 Å². The van der Waals surface area contributed by atoms with E-state index >= 15 is 0 Å². The zero-order valence-corrected chi connectivity index (χ0v) is 17.7. The van der Waals surface area contributed by atoms with Gasteiger partial charge in [-0.1, -0.05) is 46.8 Å². The van der Waals surface area contributed by atoms with Crippen LogP contribution in [0.15, 0.2) is 39.9 Å². The second-order valence-electron chi connectivity index (χ2n) is 7.77. The van der Waals surface area contributed by atoms with Crippen LogP contribution in [0.2, 0.25) is 5.15 Å². The number of halogens is 2. The van der Waals surface area contributed by atoms with E-state index in [0.717, 1.165) is 34.2 Å². The highest BCUT2D eigenvalue weighted by Gasteiger charge is 2.47. The van der Waals surface area contributed by atoms with Crippen LogP contribution in [-0.4, -0.2) is 23.5 Å². The minimum Gasteiger partial charge on any atom is -0.455 e. The summed E-state index contributed by atoms with van der Waals surface area (Å²) in [4.78, 5) is 9.26. The first-order valence-electron chi connectivity index (χ1n) is 9.67. The third-order valence-corrected chi connectivity index (χ3v) is 6.75. The predicted octanol–water partition coefficient (Wildman–Crippen LogP) is 5.18. The summed E-state index contributed by atoms with van der Waals surface area (Å²) in [6, 6.07) is 7.70. The van der Waals surface area contributed by atoms with Gasteiger partial charge in [-0.05, 0) is 43.0 Å². The van der Waals surface area contributed by atoms with Gasteiger partial charge in [0.05, 0.1) is 12.8 Å². The monoisotopic (exact) mass is 461 g/mol. The number of ether oxygens (including phenoxy) is 2. The van der Waals surface area contributed by atoms with Crippen molar-refractivity contribution in [3.05, 3.63) is 51.2 Å². The Bertz CT molecular complexity index is 907. The first-order chi connectivity index (χ1) is 13.6. The van der Waals surface area contributed by atoms with Crippen LogP contribution in [0.25, 0.3) is 0 Å². The quantitative estimate of drug-likeness (QED) is 0.593. The van der Waals surface area contributed by atoms with Gasteiger partial charge in [0.15, 0.2) is 5.75 Å². The number of rotatable bonds is 1. The molecule has 0 radical (unpaired) electrons. The Hall–Kier alpha value is -1.63. The molecule has 2 N–H and O–H groups in total. The fourth-order valence-corrected chi connectivity index (χ4v) is 5.22. The predicted molar refractivity (Wildman–Crippen MR) is 112 cm³/mol. The number of aliphatic imine (C=N–C) groups is 1. The van der Waals surface area contributed by atoms with E-state index in [1.54, 1.807) is 6.20 Å². The van der Waals surface area contributed by atoms with Crippen molar-refractivity contribution in [3.8, 4) is 11.5 Å². The minimum absolute atomic E-state index is 0.120. The van der Waals surface area contributed by atoms with E-state index in [4.69, 9.17) is 31.8 Å². The molecule has 146 valence electrons. The third kappa shape index (κ3) is 2.93. The number of fused-ring (bicyclic) bond motifs is 4. The summed E-state index contributed by atoms with van der Waals surface area (Å²) in [5.74, 6) is 2.37. The second kappa shape index (κ2) is 7.01. The fraction of sp³-hybridized carbons (Fsp3) is 0.429. The second-order valence-corrected chi connectivity index (χ2v) is 9.08. The molecule has 2 unspecified atom stereocenters. The average Bonchev–Trinajstić information content (AvgIpc) is 2.70. The summed E-state index contributed by atoms with van der Waals surface area (Å²) in [5, 5.41) is 0.392. The summed E-state index contributed by atoms with van der Waals surface area (Å²) in [6.07, 6.45) is 7.57. The largest absolute Gasteiger partial charge is 0.455 e. The molecule has 0 bridgehead atoms. The Morgan fingerprint density at radius 1 is 1.11 bits per heavy atom. The standard InChI is InChI=1S/C21H21BrClN3O2/c22-13-6-7-16-14(8-13)21(15-9-18(23)25-10-17(15)28-16)11-27-19(20(24)26-21)12-4-2-1-3-5-12/h6-10,12,19H,1-5,11H2,(H2,24,26). The maximum absolute atomic E-state index is 6.53. The molecule has 7 heteroatoms. The van der Waals surface area contributed by atoms with Gasteiger partial charge in [-0.25, -0.2) is 4.98 Å². The lowest BCUT2D eigenvalue weighted by atomic mass is 9.79. The van der Waals surface area contributed by atoms with Crippen LogP contribution in [-0.2, 0) is 10.3 Å². The molecule has 2 atom stereocenters. The van der Waals surface area contributed by atoms with Crippen molar-refractivity contribution in [1.29, 1.82) is 0 Å². The van der Waals surface area contributed by atoms with Crippen LogP contribution in [0.1, 0.15) is 43.2 Å². The van der Waals surface area contributed by atoms with Crippen molar-refractivity contribution in [1.82, 2.24) is 4.98 Å². The van der Waals surface area contributed by atoms with Crippen molar-refractivity contribution in [2.75, 3.05) is 6.61 Å². The number of nitrogens with zero attached hydrogens (tertiary/aromatic N) is 2. The van der Waals surface area contributed by atoms with Gasteiger partial charge in [-0.3, -0.25) is 4.99 Å². The zero-order valence-electron chi connectivity index (χ0n) is 15.3. The Kier molecular flexibility index (Phi) is 4.61. The smallest absolute Gasteiger partial charge is 0.151 e. The number of pyridine rings is 1. The van der Waals surface area contributed by atoms with Gasteiger partial charge in [0, 0.05) is 15.6 Å². The molecule has 3 heterocycles. The molecule has 0 saturated heterocycles. The molecule has 1 spiro atoms. The lowest BCUT2D eigenvalue weighted by Gasteiger charge is -2.43. The van der Waals surface area contributed by atoms with Crippen LogP contribution < -0.4 is 10.5 Å². The van der Waals surface area contributed by atoms with Gasteiger partial charge >= 0.3 is 0 Å². The van der Waals surface area contributed by atoms with Gasteiger partial charge in [0.1, 0.15) is 28.4 Å². The number of hydrogen-bond acceptors (Lipinski definition) is 5. The third-order valence-electron chi connectivity index (χ3n) is 6.05. The topological polar surface area (TPSA) is 69.7 Å². The number of amidine groups is 1. The summed E-state index contributed by atoms with van der Waals surface area (Å²) in [5.41, 5.74) is 7.50. The van der Waals surface area contributed by atoms with E-state index in [9.17, 15) is 0 Å². The molecule has 1 aliphatic carbocycles. The van der Waals surface area contributed by atoms with E-state index in [1.807, 2.05) is 24.3 Å². The number of benzene rings is 1. The Balaban J connectivity index is 1.65. The van der Waals surface area contributed by atoms with Gasteiger partial charge < -0.3 is 15.2 Å². The van der Waals surface area contributed by atoms with E-state index in [1.165, 1.54) is 19.3 Å². The maximum atomic E-state index is 6.53. The van der Waals surface area contributed by atoms with Gasteiger partial charge in [0.25, 0.3) is 0 Å². The molecule has 1 saturated carbocycles. The maximum Gasteiger partial charge on any atom is 0.151 e. The summed E-state index contributed by atoms with van der Waals surface area (Å²) in [7, 11) is 0. The zero-order chi connectivity index (χ0) is 19.3.